The number of nitrogens with one attached hydrogen (secondary N) is 1. The summed E-state index contributed by atoms with van der Waals surface area (Å²) in [4.78, 5) is 9.24. The van der Waals surface area contributed by atoms with Crippen molar-refractivity contribution in [2.45, 2.75) is 13.3 Å². The summed E-state index contributed by atoms with van der Waals surface area (Å²) >= 11 is 1.54. The third kappa shape index (κ3) is 1.23. The van der Waals surface area contributed by atoms with E-state index in [0.717, 1.165) is 22.9 Å². The molecule has 4 nitrogen and oxygen atoms in total. The van der Waals surface area contributed by atoms with Crippen molar-refractivity contribution in [1.82, 2.24) is 20.2 Å². The van der Waals surface area contributed by atoms with Gasteiger partial charge in [-0.1, -0.05) is 6.92 Å². The summed E-state index contributed by atoms with van der Waals surface area (Å²) in [6, 6.07) is 0. The smallest absolute Gasteiger partial charge is 0.192 e. The molecule has 0 amide bonds. The zero-order valence-electron chi connectivity index (χ0n) is 6.61. The molecule has 0 unspecified atom stereocenters. The van der Waals surface area contributed by atoms with E-state index < -0.39 is 0 Å². The molecule has 2 heterocycles. The maximum Gasteiger partial charge on any atom is 0.192 e. The minimum absolute atomic E-state index is 0.745. The first-order chi connectivity index (χ1) is 5.90. The molecule has 0 aliphatic heterocycles. The predicted molar refractivity (Wildman–Crippen MR) is 46.9 cm³/mol. The first kappa shape index (κ1) is 7.42. The number of aromatic nitrogens is 4. The zero-order chi connectivity index (χ0) is 8.39. The standard InChI is InChI=1S/C7H8N4S/c1-2-6-9-7(11-10-6)5-3-8-4-12-5/h3-4H,2H2,1H3,(H,9,10,11). The highest BCUT2D eigenvalue weighted by Crippen LogP contribution is 2.18. The highest BCUT2D eigenvalue weighted by molar-refractivity contribution is 7.13. The molecular formula is C7H8N4S. The van der Waals surface area contributed by atoms with Crippen molar-refractivity contribution in [3.8, 4) is 10.7 Å². The Balaban J connectivity index is 2.35. The quantitative estimate of drug-likeness (QED) is 0.761. The van der Waals surface area contributed by atoms with Crippen molar-refractivity contribution in [1.29, 1.82) is 0 Å². The summed E-state index contributed by atoms with van der Waals surface area (Å²) in [7, 11) is 0. The number of aromatic amines is 1. The number of hydrogen-bond donors (Lipinski definition) is 1. The maximum absolute atomic E-state index is 4.27. The Morgan fingerprint density at radius 2 is 2.50 bits per heavy atom. The Morgan fingerprint density at radius 3 is 3.08 bits per heavy atom. The van der Waals surface area contributed by atoms with Crippen LogP contribution < -0.4 is 0 Å². The average molecular weight is 180 g/mol. The Labute approximate surface area is 73.7 Å². The SMILES string of the molecule is CCc1nc(-c2cncs2)n[nH]1. The van der Waals surface area contributed by atoms with Crippen molar-refractivity contribution in [2.75, 3.05) is 0 Å². The minimum atomic E-state index is 0.745. The van der Waals surface area contributed by atoms with Gasteiger partial charge in [0.1, 0.15) is 5.82 Å². The molecular weight excluding hydrogens is 172 g/mol. The average Bonchev–Trinajstić information content (AvgIpc) is 2.75. The molecule has 2 aromatic rings. The number of H-pyrrole nitrogens is 1. The van der Waals surface area contributed by atoms with E-state index in [1.165, 1.54) is 0 Å². The molecule has 62 valence electrons. The molecule has 1 N–H and O–H groups in total. The van der Waals surface area contributed by atoms with Gasteiger partial charge in [-0.05, 0) is 0 Å². The Bertz CT molecular complexity index is 351. The molecule has 0 aliphatic rings. The van der Waals surface area contributed by atoms with Gasteiger partial charge in [0.15, 0.2) is 5.82 Å². The third-order valence-electron chi connectivity index (χ3n) is 1.52. The number of thiazole rings is 1. The van der Waals surface area contributed by atoms with E-state index in [9.17, 15) is 0 Å². The number of rotatable bonds is 2. The molecule has 0 saturated heterocycles. The van der Waals surface area contributed by atoms with Crippen LogP contribution in [0.2, 0.25) is 0 Å². The van der Waals surface area contributed by atoms with Crippen molar-refractivity contribution in [2.24, 2.45) is 0 Å². The predicted octanol–water partition coefficient (Wildman–Crippen LogP) is 1.49. The van der Waals surface area contributed by atoms with E-state index >= 15 is 0 Å². The highest BCUT2D eigenvalue weighted by atomic mass is 32.1. The lowest BCUT2D eigenvalue weighted by molar-refractivity contribution is 0.946. The van der Waals surface area contributed by atoms with Crippen molar-refractivity contribution in [3.05, 3.63) is 17.5 Å². The third-order valence-corrected chi connectivity index (χ3v) is 2.29. The fourth-order valence-electron chi connectivity index (χ4n) is 0.890. The van der Waals surface area contributed by atoms with Gasteiger partial charge in [-0.2, -0.15) is 5.10 Å². The maximum atomic E-state index is 4.27. The molecule has 2 rings (SSSR count). The fraction of sp³-hybridized carbons (Fsp3) is 0.286. The molecule has 0 bridgehead atoms. The van der Waals surface area contributed by atoms with E-state index in [1.54, 1.807) is 23.0 Å². The highest BCUT2D eigenvalue weighted by Gasteiger charge is 2.04. The molecule has 12 heavy (non-hydrogen) atoms. The van der Waals surface area contributed by atoms with E-state index in [2.05, 4.69) is 20.2 Å². The monoisotopic (exact) mass is 180 g/mol. The van der Waals surface area contributed by atoms with E-state index in [0.29, 0.717) is 0 Å². The second-order valence-electron chi connectivity index (χ2n) is 2.32. The van der Waals surface area contributed by atoms with Gasteiger partial charge in [0, 0.05) is 12.6 Å². The Hall–Kier alpha value is -1.23. The van der Waals surface area contributed by atoms with Crippen LogP contribution in [-0.2, 0) is 6.42 Å². The molecule has 5 heteroatoms. The molecule has 2 aromatic heterocycles. The van der Waals surface area contributed by atoms with Crippen LogP contribution in [0.5, 0.6) is 0 Å². The molecule has 0 aliphatic carbocycles. The molecule has 0 aromatic carbocycles. The van der Waals surface area contributed by atoms with Gasteiger partial charge in [-0.3, -0.25) is 10.1 Å². The summed E-state index contributed by atoms with van der Waals surface area (Å²) in [6.07, 6.45) is 2.65. The zero-order valence-corrected chi connectivity index (χ0v) is 7.43. The van der Waals surface area contributed by atoms with E-state index in [1.807, 2.05) is 6.92 Å². The number of nitrogens with zero attached hydrogens (tertiary/aromatic N) is 3. The van der Waals surface area contributed by atoms with Crippen molar-refractivity contribution < 1.29 is 0 Å². The van der Waals surface area contributed by atoms with Crippen LogP contribution >= 0.6 is 11.3 Å². The van der Waals surface area contributed by atoms with Crippen LogP contribution in [0.3, 0.4) is 0 Å². The number of hydrogen-bond acceptors (Lipinski definition) is 4. The van der Waals surface area contributed by atoms with E-state index in [-0.39, 0.29) is 0 Å². The van der Waals surface area contributed by atoms with E-state index in [4.69, 9.17) is 0 Å². The molecule has 0 saturated carbocycles. The Kier molecular flexibility index (Phi) is 1.87. The fourth-order valence-corrected chi connectivity index (χ4v) is 1.44. The van der Waals surface area contributed by atoms with Crippen molar-refractivity contribution in [3.63, 3.8) is 0 Å². The Morgan fingerprint density at radius 1 is 1.58 bits per heavy atom. The lowest BCUT2D eigenvalue weighted by Crippen LogP contribution is -1.80. The van der Waals surface area contributed by atoms with Gasteiger partial charge in [-0.15, -0.1) is 11.3 Å². The second-order valence-corrected chi connectivity index (χ2v) is 3.21. The summed E-state index contributed by atoms with van der Waals surface area (Å²) in [5.41, 5.74) is 1.78. The van der Waals surface area contributed by atoms with Gasteiger partial charge >= 0.3 is 0 Å². The van der Waals surface area contributed by atoms with Gasteiger partial charge < -0.3 is 0 Å². The van der Waals surface area contributed by atoms with Gasteiger partial charge in [-0.25, -0.2) is 4.98 Å². The van der Waals surface area contributed by atoms with Crippen LogP contribution in [0.15, 0.2) is 11.7 Å². The van der Waals surface area contributed by atoms with Crippen LogP contribution in [0, 0.1) is 0 Å². The lowest BCUT2D eigenvalue weighted by Gasteiger charge is -1.82. The second kappa shape index (κ2) is 3.02. The minimum Gasteiger partial charge on any atom is -0.263 e. The van der Waals surface area contributed by atoms with Gasteiger partial charge in [0.2, 0.25) is 0 Å². The van der Waals surface area contributed by atoms with Gasteiger partial charge in [0.25, 0.3) is 0 Å². The summed E-state index contributed by atoms with van der Waals surface area (Å²) in [5.74, 6) is 1.66. The topological polar surface area (TPSA) is 54.5 Å². The molecule has 0 fully saturated rings. The molecule has 0 radical (unpaired) electrons. The van der Waals surface area contributed by atoms with Crippen LogP contribution in [0.1, 0.15) is 12.7 Å². The first-order valence-corrected chi connectivity index (χ1v) is 4.58. The largest absolute Gasteiger partial charge is 0.263 e. The van der Waals surface area contributed by atoms with Crippen LogP contribution in [0.25, 0.3) is 10.7 Å². The van der Waals surface area contributed by atoms with Crippen LogP contribution in [0.4, 0.5) is 0 Å². The molecule has 0 spiro atoms. The van der Waals surface area contributed by atoms with Crippen LogP contribution in [-0.4, -0.2) is 20.2 Å². The van der Waals surface area contributed by atoms with Crippen molar-refractivity contribution >= 4 is 11.3 Å². The normalized spacial score (nSPS) is 10.4. The first-order valence-electron chi connectivity index (χ1n) is 3.70. The molecule has 0 atom stereocenters. The summed E-state index contributed by atoms with van der Waals surface area (Å²) in [5, 5.41) is 6.93. The lowest BCUT2D eigenvalue weighted by atomic mass is 10.4. The van der Waals surface area contributed by atoms with Gasteiger partial charge in [0.05, 0.1) is 10.4 Å². The number of aryl methyl sites for hydroxylation is 1. The summed E-state index contributed by atoms with van der Waals surface area (Å²) < 4.78 is 0. The summed E-state index contributed by atoms with van der Waals surface area (Å²) in [6.45, 7) is 2.04.